The molecular weight excluding hydrogens is 296 g/mol. The number of rotatable bonds is 5. The predicted octanol–water partition coefficient (Wildman–Crippen LogP) is 3.23. The number of anilines is 1. The molecule has 0 saturated heterocycles. The van der Waals surface area contributed by atoms with Crippen molar-refractivity contribution < 1.29 is 8.42 Å². The zero-order valence-electron chi connectivity index (χ0n) is 12.3. The maximum Gasteiger partial charge on any atom is 0.175 e. The summed E-state index contributed by atoms with van der Waals surface area (Å²) < 4.78 is 22.8. The monoisotopic (exact) mass is 314 g/mol. The molecule has 1 aromatic heterocycles. The van der Waals surface area contributed by atoms with Gasteiger partial charge in [0.2, 0.25) is 0 Å². The number of hydrogen-bond donors (Lipinski definition) is 2. The Labute approximate surface area is 130 Å². The average molecular weight is 314 g/mol. The van der Waals surface area contributed by atoms with E-state index < -0.39 is 9.84 Å². The molecule has 0 aliphatic carbocycles. The van der Waals surface area contributed by atoms with E-state index in [9.17, 15) is 8.42 Å². The topological polar surface area (TPSA) is 62.0 Å². The number of benzene rings is 2. The Bertz CT molecular complexity index is 847. The number of para-hydroxylation sites is 1. The SMILES string of the molecule is CS(=O)(=O)c1ccc(NCCc2cc3ccccc3[nH]2)cc1. The minimum Gasteiger partial charge on any atom is -0.385 e. The van der Waals surface area contributed by atoms with E-state index in [1.807, 2.05) is 12.1 Å². The normalized spacial score (nSPS) is 11.7. The van der Waals surface area contributed by atoms with Crippen molar-refractivity contribution in [1.82, 2.24) is 4.98 Å². The van der Waals surface area contributed by atoms with Gasteiger partial charge in [0.15, 0.2) is 9.84 Å². The summed E-state index contributed by atoms with van der Waals surface area (Å²) in [5.41, 5.74) is 3.25. The Morgan fingerprint density at radius 2 is 1.77 bits per heavy atom. The molecule has 0 fully saturated rings. The van der Waals surface area contributed by atoms with Crippen LogP contribution in [0.4, 0.5) is 5.69 Å². The van der Waals surface area contributed by atoms with Gasteiger partial charge in [0, 0.05) is 36.1 Å². The summed E-state index contributed by atoms with van der Waals surface area (Å²) in [5, 5.41) is 4.52. The second-order valence-electron chi connectivity index (χ2n) is 5.36. The molecule has 0 aliphatic rings. The third-order valence-corrected chi connectivity index (χ3v) is 4.72. The van der Waals surface area contributed by atoms with E-state index >= 15 is 0 Å². The Balaban J connectivity index is 1.61. The standard InChI is InChI=1S/C17H18N2O2S/c1-22(20,21)16-8-6-14(7-9-16)18-11-10-15-12-13-4-2-3-5-17(13)19-15/h2-9,12,18-19H,10-11H2,1H3. The van der Waals surface area contributed by atoms with Crippen molar-refractivity contribution in [3.63, 3.8) is 0 Å². The van der Waals surface area contributed by atoms with Crippen LogP contribution in [0.15, 0.2) is 59.5 Å². The highest BCUT2D eigenvalue weighted by atomic mass is 32.2. The molecule has 2 aromatic carbocycles. The molecule has 0 atom stereocenters. The van der Waals surface area contributed by atoms with Gasteiger partial charge in [0.05, 0.1) is 4.90 Å². The van der Waals surface area contributed by atoms with Crippen LogP contribution in [0.5, 0.6) is 0 Å². The number of hydrogen-bond acceptors (Lipinski definition) is 3. The van der Waals surface area contributed by atoms with Gasteiger partial charge in [-0.25, -0.2) is 8.42 Å². The van der Waals surface area contributed by atoms with Gasteiger partial charge in [0.1, 0.15) is 0 Å². The highest BCUT2D eigenvalue weighted by molar-refractivity contribution is 7.90. The largest absolute Gasteiger partial charge is 0.385 e. The van der Waals surface area contributed by atoms with Crippen LogP contribution in [0, 0.1) is 0 Å². The van der Waals surface area contributed by atoms with Gasteiger partial charge >= 0.3 is 0 Å². The Hall–Kier alpha value is -2.27. The second kappa shape index (κ2) is 5.85. The molecule has 5 heteroatoms. The molecule has 2 N–H and O–H groups in total. The number of nitrogens with one attached hydrogen (secondary N) is 2. The van der Waals surface area contributed by atoms with Crippen LogP contribution in [0.2, 0.25) is 0 Å². The highest BCUT2D eigenvalue weighted by Crippen LogP contribution is 2.16. The molecule has 4 nitrogen and oxygen atoms in total. The van der Waals surface area contributed by atoms with Gasteiger partial charge in [-0.1, -0.05) is 18.2 Å². The van der Waals surface area contributed by atoms with E-state index in [0.29, 0.717) is 4.90 Å². The van der Waals surface area contributed by atoms with Crippen molar-refractivity contribution >= 4 is 26.4 Å². The lowest BCUT2D eigenvalue weighted by molar-refractivity contribution is 0.602. The molecule has 22 heavy (non-hydrogen) atoms. The zero-order chi connectivity index (χ0) is 15.6. The van der Waals surface area contributed by atoms with Crippen LogP contribution in [0.25, 0.3) is 10.9 Å². The molecule has 0 spiro atoms. The van der Waals surface area contributed by atoms with Crippen molar-refractivity contribution in [1.29, 1.82) is 0 Å². The molecule has 0 unspecified atom stereocenters. The molecule has 114 valence electrons. The van der Waals surface area contributed by atoms with Gasteiger partial charge < -0.3 is 10.3 Å². The van der Waals surface area contributed by atoms with E-state index in [2.05, 4.69) is 28.5 Å². The van der Waals surface area contributed by atoms with E-state index in [1.54, 1.807) is 24.3 Å². The molecule has 0 amide bonds. The molecule has 0 bridgehead atoms. The van der Waals surface area contributed by atoms with Gasteiger partial charge in [-0.15, -0.1) is 0 Å². The van der Waals surface area contributed by atoms with Crippen molar-refractivity contribution in [2.75, 3.05) is 18.1 Å². The van der Waals surface area contributed by atoms with E-state index in [0.717, 1.165) is 24.2 Å². The fraction of sp³-hybridized carbons (Fsp3) is 0.176. The molecular formula is C17H18N2O2S. The first-order valence-electron chi connectivity index (χ1n) is 7.13. The number of H-pyrrole nitrogens is 1. The van der Waals surface area contributed by atoms with Gasteiger partial charge in [-0.2, -0.15) is 0 Å². The lowest BCUT2D eigenvalue weighted by Crippen LogP contribution is -2.05. The van der Waals surface area contributed by atoms with E-state index in [-0.39, 0.29) is 0 Å². The van der Waals surface area contributed by atoms with Crippen LogP contribution in [-0.4, -0.2) is 26.2 Å². The molecule has 3 aromatic rings. The van der Waals surface area contributed by atoms with E-state index in [1.165, 1.54) is 17.3 Å². The third-order valence-electron chi connectivity index (χ3n) is 3.59. The molecule has 1 heterocycles. The maximum absolute atomic E-state index is 11.4. The number of sulfone groups is 1. The van der Waals surface area contributed by atoms with Crippen molar-refractivity contribution in [2.24, 2.45) is 0 Å². The van der Waals surface area contributed by atoms with Crippen LogP contribution >= 0.6 is 0 Å². The van der Waals surface area contributed by atoms with Crippen LogP contribution < -0.4 is 5.32 Å². The fourth-order valence-corrected chi connectivity index (χ4v) is 3.06. The van der Waals surface area contributed by atoms with Crippen molar-refractivity contribution in [3.05, 3.63) is 60.3 Å². The second-order valence-corrected chi connectivity index (χ2v) is 7.37. The highest BCUT2D eigenvalue weighted by Gasteiger charge is 2.06. The Kier molecular flexibility index (Phi) is 3.90. The van der Waals surface area contributed by atoms with Gasteiger partial charge in [0.25, 0.3) is 0 Å². The summed E-state index contributed by atoms with van der Waals surface area (Å²) in [5.74, 6) is 0. The number of aromatic amines is 1. The van der Waals surface area contributed by atoms with Crippen LogP contribution in [0.3, 0.4) is 0 Å². The number of fused-ring (bicyclic) bond motifs is 1. The smallest absolute Gasteiger partial charge is 0.175 e. The first-order chi connectivity index (χ1) is 10.5. The summed E-state index contributed by atoms with van der Waals surface area (Å²) in [4.78, 5) is 3.73. The molecule has 0 aliphatic heterocycles. The Morgan fingerprint density at radius 3 is 2.45 bits per heavy atom. The minimum atomic E-state index is -3.13. The fourth-order valence-electron chi connectivity index (χ4n) is 2.43. The van der Waals surface area contributed by atoms with Crippen molar-refractivity contribution in [2.45, 2.75) is 11.3 Å². The number of aromatic nitrogens is 1. The molecule has 0 radical (unpaired) electrons. The van der Waals surface area contributed by atoms with Crippen molar-refractivity contribution in [3.8, 4) is 0 Å². The summed E-state index contributed by atoms with van der Waals surface area (Å²) in [6.45, 7) is 0.783. The quantitative estimate of drug-likeness (QED) is 0.760. The summed E-state index contributed by atoms with van der Waals surface area (Å²) >= 11 is 0. The molecule has 3 rings (SSSR count). The van der Waals surface area contributed by atoms with Crippen LogP contribution in [0.1, 0.15) is 5.69 Å². The minimum absolute atomic E-state index is 0.341. The van der Waals surface area contributed by atoms with E-state index in [4.69, 9.17) is 0 Å². The summed E-state index contributed by atoms with van der Waals surface area (Å²) in [7, 11) is -3.13. The van der Waals surface area contributed by atoms with Crippen LogP contribution in [-0.2, 0) is 16.3 Å². The van der Waals surface area contributed by atoms with Gasteiger partial charge in [-0.3, -0.25) is 0 Å². The first kappa shape index (κ1) is 14.7. The third kappa shape index (κ3) is 3.31. The summed E-state index contributed by atoms with van der Waals surface area (Å²) in [6.07, 6.45) is 2.09. The lowest BCUT2D eigenvalue weighted by atomic mass is 10.2. The van der Waals surface area contributed by atoms with Gasteiger partial charge in [-0.05, 0) is 41.8 Å². The Morgan fingerprint density at radius 1 is 1.05 bits per heavy atom. The predicted molar refractivity (Wildman–Crippen MR) is 90.0 cm³/mol. The lowest BCUT2D eigenvalue weighted by Gasteiger charge is -2.06. The first-order valence-corrected chi connectivity index (χ1v) is 9.02. The molecule has 0 saturated carbocycles. The maximum atomic E-state index is 11.4. The zero-order valence-corrected chi connectivity index (χ0v) is 13.2. The summed E-state index contributed by atoms with van der Waals surface area (Å²) in [6, 6.07) is 17.2. The average Bonchev–Trinajstić information content (AvgIpc) is 2.89.